The van der Waals surface area contributed by atoms with Crippen LogP contribution in [0.1, 0.15) is 25.3 Å². The molecule has 1 fully saturated rings. The summed E-state index contributed by atoms with van der Waals surface area (Å²) >= 11 is 0. The first-order valence-electron chi connectivity index (χ1n) is 7.03. The molecule has 0 bridgehead atoms. The summed E-state index contributed by atoms with van der Waals surface area (Å²) in [5, 5.41) is 0. The first-order valence-corrected chi connectivity index (χ1v) is 7.03. The normalized spacial score (nSPS) is 25.1. The Morgan fingerprint density at radius 1 is 1.35 bits per heavy atom. The van der Waals surface area contributed by atoms with E-state index < -0.39 is 0 Å². The zero-order valence-electron chi connectivity index (χ0n) is 12.1. The SMILES string of the molecule is CC1CN(CC(C(=O)NN)c2ccccc2)CC(C)O1. The Morgan fingerprint density at radius 3 is 2.50 bits per heavy atom. The molecule has 1 aliphatic rings. The molecular weight excluding hydrogens is 254 g/mol. The zero-order valence-corrected chi connectivity index (χ0v) is 12.1. The highest BCUT2D eigenvalue weighted by Gasteiger charge is 2.28. The van der Waals surface area contributed by atoms with Gasteiger partial charge < -0.3 is 4.74 Å². The van der Waals surface area contributed by atoms with Crippen LogP contribution in [-0.2, 0) is 9.53 Å². The molecule has 1 heterocycles. The maximum atomic E-state index is 12.1. The number of hydrazine groups is 1. The number of nitrogens with two attached hydrogens (primary N) is 1. The first-order chi connectivity index (χ1) is 9.60. The highest BCUT2D eigenvalue weighted by Crippen LogP contribution is 2.20. The van der Waals surface area contributed by atoms with Crippen LogP contribution in [-0.4, -0.2) is 42.6 Å². The second-order valence-electron chi connectivity index (χ2n) is 5.45. The molecule has 1 aromatic carbocycles. The highest BCUT2D eigenvalue weighted by molar-refractivity contribution is 5.83. The van der Waals surface area contributed by atoms with Crippen LogP contribution in [0, 0.1) is 0 Å². The van der Waals surface area contributed by atoms with Gasteiger partial charge in [0.1, 0.15) is 0 Å². The van der Waals surface area contributed by atoms with Gasteiger partial charge in [-0.2, -0.15) is 0 Å². The lowest BCUT2D eigenvalue weighted by molar-refractivity contribution is -0.124. The number of morpholine rings is 1. The average molecular weight is 277 g/mol. The van der Waals surface area contributed by atoms with Crippen LogP contribution in [0.25, 0.3) is 0 Å². The van der Waals surface area contributed by atoms with Gasteiger partial charge in [0.15, 0.2) is 0 Å². The lowest BCUT2D eigenvalue weighted by atomic mass is 9.97. The van der Waals surface area contributed by atoms with Gasteiger partial charge in [-0.05, 0) is 19.4 Å². The van der Waals surface area contributed by atoms with E-state index in [0.29, 0.717) is 6.54 Å². The van der Waals surface area contributed by atoms with Crippen LogP contribution in [0.15, 0.2) is 30.3 Å². The summed E-state index contributed by atoms with van der Waals surface area (Å²) in [7, 11) is 0. The highest BCUT2D eigenvalue weighted by atomic mass is 16.5. The second-order valence-corrected chi connectivity index (χ2v) is 5.45. The third kappa shape index (κ3) is 3.79. The molecule has 0 aromatic heterocycles. The number of rotatable bonds is 4. The number of hydrogen-bond donors (Lipinski definition) is 2. The van der Waals surface area contributed by atoms with Crippen molar-refractivity contribution in [2.45, 2.75) is 32.0 Å². The van der Waals surface area contributed by atoms with Gasteiger partial charge in [0.25, 0.3) is 0 Å². The predicted octanol–water partition coefficient (Wildman–Crippen LogP) is 0.869. The quantitative estimate of drug-likeness (QED) is 0.487. The van der Waals surface area contributed by atoms with Crippen molar-refractivity contribution >= 4 is 5.91 Å². The number of hydrogen-bond acceptors (Lipinski definition) is 4. The Bertz CT molecular complexity index is 428. The largest absolute Gasteiger partial charge is 0.373 e. The standard InChI is InChI=1S/C15H23N3O2/c1-11-8-18(9-12(2)20-11)10-14(15(19)17-16)13-6-4-3-5-7-13/h3-7,11-12,14H,8-10,16H2,1-2H3,(H,17,19). The number of nitrogens with one attached hydrogen (secondary N) is 1. The molecule has 1 amide bonds. The summed E-state index contributed by atoms with van der Waals surface area (Å²) in [6, 6.07) is 9.76. The summed E-state index contributed by atoms with van der Waals surface area (Å²) in [6.07, 6.45) is 0.382. The van der Waals surface area contributed by atoms with Crippen LogP contribution < -0.4 is 11.3 Å². The Balaban J connectivity index is 2.10. The molecular formula is C15H23N3O2. The number of benzene rings is 1. The van der Waals surface area contributed by atoms with Crippen molar-refractivity contribution in [1.29, 1.82) is 0 Å². The molecule has 3 atom stereocenters. The van der Waals surface area contributed by atoms with Crippen LogP contribution in [0.3, 0.4) is 0 Å². The molecule has 0 radical (unpaired) electrons. The minimum Gasteiger partial charge on any atom is -0.373 e. The van der Waals surface area contributed by atoms with E-state index in [1.54, 1.807) is 0 Å². The summed E-state index contributed by atoms with van der Waals surface area (Å²) in [4.78, 5) is 14.3. The first kappa shape index (κ1) is 15.0. The third-order valence-electron chi connectivity index (χ3n) is 3.60. The average Bonchev–Trinajstić information content (AvgIpc) is 2.44. The monoisotopic (exact) mass is 277 g/mol. The maximum Gasteiger partial charge on any atom is 0.242 e. The summed E-state index contributed by atoms with van der Waals surface area (Å²) in [6.45, 7) is 6.45. The number of carbonyl (C=O) groups excluding carboxylic acids is 1. The minimum atomic E-state index is -0.251. The van der Waals surface area contributed by atoms with E-state index in [0.717, 1.165) is 18.7 Å². The molecule has 1 aliphatic heterocycles. The fraction of sp³-hybridized carbons (Fsp3) is 0.533. The molecule has 5 nitrogen and oxygen atoms in total. The molecule has 2 rings (SSSR count). The molecule has 1 saturated heterocycles. The van der Waals surface area contributed by atoms with E-state index in [1.807, 2.05) is 30.3 Å². The Hall–Kier alpha value is -1.43. The van der Waals surface area contributed by atoms with Gasteiger partial charge >= 0.3 is 0 Å². The minimum absolute atomic E-state index is 0.150. The molecule has 3 N–H and O–H groups in total. The van der Waals surface area contributed by atoms with Crippen LogP contribution in [0.2, 0.25) is 0 Å². The Labute approximate surface area is 120 Å². The molecule has 20 heavy (non-hydrogen) atoms. The van der Waals surface area contributed by atoms with Crippen molar-refractivity contribution < 1.29 is 9.53 Å². The van der Waals surface area contributed by atoms with E-state index in [1.165, 1.54) is 0 Å². The number of ether oxygens (including phenoxy) is 1. The fourth-order valence-electron chi connectivity index (χ4n) is 2.82. The summed E-state index contributed by atoms with van der Waals surface area (Å²) < 4.78 is 5.72. The smallest absolute Gasteiger partial charge is 0.242 e. The van der Waals surface area contributed by atoms with Crippen molar-refractivity contribution in [2.24, 2.45) is 5.84 Å². The van der Waals surface area contributed by atoms with Crippen molar-refractivity contribution in [3.63, 3.8) is 0 Å². The molecule has 1 aromatic rings. The van der Waals surface area contributed by atoms with Crippen molar-refractivity contribution in [3.05, 3.63) is 35.9 Å². The van der Waals surface area contributed by atoms with Gasteiger partial charge in [0.2, 0.25) is 5.91 Å². The number of amides is 1. The molecule has 5 heteroatoms. The molecule has 0 aliphatic carbocycles. The van der Waals surface area contributed by atoms with Crippen LogP contribution >= 0.6 is 0 Å². The Kier molecular flexibility index (Phi) is 5.11. The van der Waals surface area contributed by atoms with E-state index in [-0.39, 0.29) is 24.0 Å². The summed E-state index contributed by atoms with van der Waals surface area (Å²) in [5.74, 6) is 4.93. The molecule has 110 valence electrons. The number of carbonyl (C=O) groups is 1. The van der Waals surface area contributed by atoms with Crippen molar-refractivity contribution in [2.75, 3.05) is 19.6 Å². The fourth-order valence-corrected chi connectivity index (χ4v) is 2.82. The van der Waals surface area contributed by atoms with Gasteiger partial charge in [0.05, 0.1) is 18.1 Å². The topological polar surface area (TPSA) is 67.6 Å². The van der Waals surface area contributed by atoms with Gasteiger partial charge in [-0.15, -0.1) is 0 Å². The predicted molar refractivity (Wildman–Crippen MR) is 78.0 cm³/mol. The number of nitrogens with zero attached hydrogens (tertiary/aromatic N) is 1. The zero-order chi connectivity index (χ0) is 14.5. The van der Waals surface area contributed by atoms with Gasteiger partial charge in [-0.3, -0.25) is 15.1 Å². The van der Waals surface area contributed by atoms with Crippen molar-refractivity contribution in [1.82, 2.24) is 10.3 Å². The van der Waals surface area contributed by atoms with Crippen LogP contribution in [0.4, 0.5) is 0 Å². The Morgan fingerprint density at radius 2 is 1.95 bits per heavy atom. The third-order valence-corrected chi connectivity index (χ3v) is 3.60. The van der Waals surface area contributed by atoms with E-state index >= 15 is 0 Å². The molecule has 0 spiro atoms. The van der Waals surface area contributed by atoms with Gasteiger partial charge in [-0.1, -0.05) is 30.3 Å². The van der Waals surface area contributed by atoms with Crippen molar-refractivity contribution in [3.8, 4) is 0 Å². The molecule has 3 unspecified atom stereocenters. The van der Waals surface area contributed by atoms with E-state index in [2.05, 4.69) is 24.2 Å². The van der Waals surface area contributed by atoms with Gasteiger partial charge in [0, 0.05) is 19.6 Å². The second kappa shape index (κ2) is 6.83. The lowest BCUT2D eigenvalue weighted by Gasteiger charge is -2.36. The maximum absolute atomic E-state index is 12.1. The molecule has 0 saturated carbocycles. The van der Waals surface area contributed by atoms with E-state index in [4.69, 9.17) is 10.6 Å². The van der Waals surface area contributed by atoms with E-state index in [9.17, 15) is 4.79 Å². The van der Waals surface area contributed by atoms with Gasteiger partial charge in [-0.25, -0.2) is 5.84 Å². The van der Waals surface area contributed by atoms with Crippen LogP contribution in [0.5, 0.6) is 0 Å². The lowest BCUT2D eigenvalue weighted by Crippen LogP contribution is -2.49. The summed E-state index contributed by atoms with van der Waals surface area (Å²) in [5.41, 5.74) is 3.27.